The van der Waals surface area contributed by atoms with Crippen LogP contribution in [0.15, 0.2) is 120 Å². The predicted molar refractivity (Wildman–Crippen MR) is 192 cm³/mol. The topological polar surface area (TPSA) is 117 Å². The molecule has 0 saturated carbocycles. The summed E-state index contributed by atoms with van der Waals surface area (Å²) in [7, 11) is 0. The van der Waals surface area contributed by atoms with Gasteiger partial charge in [-0.3, -0.25) is 24.7 Å². The van der Waals surface area contributed by atoms with Crippen LogP contribution in [-0.2, 0) is 31.7 Å². The van der Waals surface area contributed by atoms with E-state index in [1.54, 1.807) is 60.7 Å². The summed E-state index contributed by atoms with van der Waals surface area (Å²) in [5.74, 6) is -1.33. The van der Waals surface area contributed by atoms with E-state index in [1.807, 2.05) is 30.3 Å². The third kappa shape index (κ3) is 9.94. The number of fused-ring (bicyclic) bond motifs is 1. The highest BCUT2D eigenvalue weighted by molar-refractivity contribution is 6.30. The molecule has 4 aromatic rings. The molecule has 1 aliphatic rings. The lowest BCUT2D eigenvalue weighted by Gasteiger charge is -2.25. The van der Waals surface area contributed by atoms with E-state index in [9.17, 15) is 32.3 Å². The van der Waals surface area contributed by atoms with Crippen molar-refractivity contribution < 1.29 is 37.1 Å². The number of allylic oxidation sites excluding steroid dienone is 2. The fourth-order valence-electron chi connectivity index (χ4n) is 5.52. The van der Waals surface area contributed by atoms with Gasteiger partial charge in [0.1, 0.15) is 18.9 Å². The fourth-order valence-corrected chi connectivity index (χ4v) is 5.69. The van der Waals surface area contributed by atoms with Gasteiger partial charge in [0, 0.05) is 28.3 Å². The number of nitrogens with one attached hydrogen (secondary N) is 2. The van der Waals surface area contributed by atoms with E-state index in [1.165, 1.54) is 17.9 Å². The zero-order chi connectivity index (χ0) is 37.3. The van der Waals surface area contributed by atoms with Gasteiger partial charge in [-0.25, -0.2) is 4.79 Å². The van der Waals surface area contributed by atoms with Crippen LogP contribution in [0.2, 0.25) is 5.02 Å². The zero-order valence-corrected chi connectivity index (χ0v) is 28.7. The number of benzodiazepines with no additional fused rings is 1. The van der Waals surface area contributed by atoms with Crippen molar-refractivity contribution in [2.24, 2.45) is 4.99 Å². The molecule has 0 bridgehead atoms. The number of halogens is 4. The number of alkyl halides is 3. The lowest BCUT2D eigenvalue weighted by Crippen LogP contribution is -2.46. The van der Waals surface area contributed by atoms with Gasteiger partial charge in [0.05, 0.1) is 22.6 Å². The molecule has 1 atom stereocenters. The van der Waals surface area contributed by atoms with Crippen LogP contribution >= 0.6 is 11.6 Å². The molecule has 13 heteroatoms. The summed E-state index contributed by atoms with van der Waals surface area (Å²) >= 11 is 5.76. The molecule has 268 valence electrons. The SMILES string of the molecule is CC(=O)C/C=C(\CCc1ccccc1)NC(=O)CN1C(=O)[C@@H](COC(=O)Nc2ccc(Cl)cc2C(F)(F)F)N=C(c2ccccc2)c2ccccc21. The smallest absolute Gasteiger partial charge is 0.418 e. The van der Waals surface area contributed by atoms with Gasteiger partial charge in [0.25, 0.3) is 5.91 Å². The summed E-state index contributed by atoms with van der Waals surface area (Å²) in [5.41, 5.74) is 1.68. The number of nitrogens with zero attached hydrogens (tertiary/aromatic N) is 2. The van der Waals surface area contributed by atoms with Crippen LogP contribution in [0.1, 0.15) is 42.0 Å². The van der Waals surface area contributed by atoms with Gasteiger partial charge in [-0.15, -0.1) is 0 Å². The minimum absolute atomic E-state index is 0.0914. The Bertz CT molecular complexity index is 2000. The first-order chi connectivity index (χ1) is 24.9. The number of ketones is 1. The number of para-hydroxylation sites is 1. The number of aliphatic imine (C=N–C) groups is 1. The van der Waals surface area contributed by atoms with E-state index in [0.717, 1.165) is 11.6 Å². The number of aryl methyl sites for hydroxylation is 1. The van der Waals surface area contributed by atoms with Crippen LogP contribution in [0.4, 0.5) is 29.3 Å². The molecule has 0 unspecified atom stereocenters. The van der Waals surface area contributed by atoms with Crippen LogP contribution in [0.5, 0.6) is 0 Å². The number of rotatable bonds is 12. The molecule has 5 rings (SSSR count). The Labute approximate surface area is 303 Å². The predicted octanol–water partition coefficient (Wildman–Crippen LogP) is 7.77. The first kappa shape index (κ1) is 37.5. The molecule has 52 heavy (non-hydrogen) atoms. The van der Waals surface area contributed by atoms with Crippen LogP contribution in [0.25, 0.3) is 0 Å². The number of carbonyl (C=O) groups excluding carboxylic acids is 4. The Balaban J connectivity index is 1.41. The molecule has 0 saturated heterocycles. The number of carbonyl (C=O) groups is 4. The maximum absolute atomic E-state index is 14.2. The van der Waals surface area contributed by atoms with Crippen LogP contribution < -0.4 is 15.5 Å². The third-order valence-electron chi connectivity index (χ3n) is 7.99. The second kappa shape index (κ2) is 17.0. The summed E-state index contributed by atoms with van der Waals surface area (Å²) in [6.07, 6.45) is -3.32. The molecule has 0 aromatic heterocycles. The van der Waals surface area contributed by atoms with E-state index in [4.69, 9.17) is 16.3 Å². The van der Waals surface area contributed by atoms with Gasteiger partial charge in [-0.2, -0.15) is 13.2 Å². The largest absolute Gasteiger partial charge is 0.446 e. The quantitative estimate of drug-likeness (QED) is 0.155. The minimum atomic E-state index is -4.82. The van der Waals surface area contributed by atoms with E-state index < -0.39 is 54.5 Å². The number of hydrogen-bond acceptors (Lipinski definition) is 6. The lowest BCUT2D eigenvalue weighted by atomic mass is 10.0. The number of hydrogen-bond donors (Lipinski definition) is 2. The van der Waals surface area contributed by atoms with E-state index in [0.29, 0.717) is 47.1 Å². The lowest BCUT2D eigenvalue weighted by molar-refractivity contribution is -0.137. The van der Waals surface area contributed by atoms with E-state index in [-0.39, 0.29) is 17.2 Å². The van der Waals surface area contributed by atoms with Crippen molar-refractivity contribution in [3.05, 3.63) is 142 Å². The van der Waals surface area contributed by atoms with Crippen molar-refractivity contribution in [1.82, 2.24) is 5.32 Å². The van der Waals surface area contributed by atoms with E-state index >= 15 is 0 Å². The van der Waals surface area contributed by atoms with Crippen LogP contribution in [0.3, 0.4) is 0 Å². The standard InChI is InChI=1S/C39H34ClF3N4O5/c1-25(48)16-19-29(20-17-26-10-4-2-5-11-26)44-35(49)23-47-34-15-9-8-14-30(34)36(27-12-6-3-7-13-27)45-33(37(47)50)24-52-38(51)46-32-21-18-28(40)22-31(32)39(41,42)43/h2-15,18-19,21-22,33H,16-17,20,23-24H2,1H3,(H,44,49)(H,46,51)/b29-19+/t33-/m1/s1. The Morgan fingerprint density at radius 3 is 2.31 bits per heavy atom. The summed E-state index contributed by atoms with van der Waals surface area (Å²) in [4.78, 5) is 58.4. The van der Waals surface area contributed by atoms with Crippen molar-refractivity contribution in [2.45, 2.75) is 38.4 Å². The summed E-state index contributed by atoms with van der Waals surface area (Å²) in [6, 6.07) is 26.9. The maximum atomic E-state index is 14.2. The Kier molecular flexibility index (Phi) is 12.2. The first-order valence-corrected chi connectivity index (χ1v) is 16.6. The van der Waals surface area contributed by atoms with Crippen LogP contribution in [0, 0.1) is 0 Å². The second-order valence-electron chi connectivity index (χ2n) is 11.9. The molecule has 3 amide bonds. The minimum Gasteiger partial charge on any atom is -0.446 e. The zero-order valence-electron chi connectivity index (χ0n) is 28.0. The number of anilines is 2. The van der Waals surface area contributed by atoms with Crippen molar-refractivity contribution in [1.29, 1.82) is 0 Å². The van der Waals surface area contributed by atoms with Crippen molar-refractivity contribution in [3.63, 3.8) is 0 Å². The molecule has 4 aromatic carbocycles. The Morgan fingerprint density at radius 1 is 0.942 bits per heavy atom. The molecular weight excluding hydrogens is 697 g/mol. The number of ether oxygens (including phenoxy) is 1. The van der Waals surface area contributed by atoms with Gasteiger partial charge >= 0.3 is 12.3 Å². The molecule has 0 spiro atoms. The van der Waals surface area contributed by atoms with Crippen molar-refractivity contribution in [3.8, 4) is 0 Å². The highest BCUT2D eigenvalue weighted by Crippen LogP contribution is 2.36. The fraction of sp³-hybridized carbons (Fsp3) is 0.205. The third-order valence-corrected chi connectivity index (χ3v) is 8.23. The van der Waals surface area contributed by atoms with Crippen molar-refractivity contribution >= 4 is 52.4 Å². The number of amides is 3. The number of benzene rings is 4. The average molecular weight is 731 g/mol. The highest BCUT2D eigenvalue weighted by atomic mass is 35.5. The van der Waals surface area contributed by atoms with Gasteiger partial charge in [0.2, 0.25) is 5.91 Å². The number of Topliss-reactive ketones (excluding diaryl/α,β-unsaturated/α-hetero) is 1. The second-order valence-corrected chi connectivity index (χ2v) is 12.3. The summed E-state index contributed by atoms with van der Waals surface area (Å²) in [5, 5.41) is 4.75. The molecule has 2 N–H and O–H groups in total. The van der Waals surface area contributed by atoms with E-state index in [2.05, 4.69) is 15.6 Å². The first-order valence-electron chi connectivity index (χ1n) is 16.3. The molecule has 0 fully saturated rings. The molecular formula is C39H34ClF3N4O5. The van der Waals surface area contributed by atoms with Gasteiger partial charge in [0.15, 0.2) is 6.04 Å². The summed E-state index contributed by atoms with van der Waals surface area (Å²) < 4.78 is 46.2. The van der Waals surface area contributed by atoms with Gasteiger partial charge < -0.3 is 15.0 Å². The molecule has 0 aliphatic carbocycles. The van der Waals surface area contributed by atoms with Gasteiger partial charge in [-0.05, 0) is 49.6 Å². The molecule has 9 nitrogen and oxygen atoms in total. The molecule has 1 heterocycles. The van der Waals surface area contributed by atoms with Gasteiger partial charge in [-0.1, -0.05) is 96.5 Å². The monoisotopic (exact) mass is 730 g/mol. The normalized spacial score (nSPS) is 14.5. The molecule has 1 aliphatic heterocycles. The Hall–Kier alpha value is -5.75. The average Bonchev–Trinajstić information content (AvgIpc) is 3.23. The highest BCUT2D eigenvalue weighted by Gasteiger charge is 2.36. The summed E-state index contributed by atoms with van der Waals surface area (Å²) in [6.45, 7) is 0.318. The van der Waals surface area contributed by atoms with Crippen LogP contribution in [-0.4, -0.2) is 48.6 Å². The molecule has 0 radical (unpaired) electrons. The maximum Gasteiger partial charge on any atom is 0.418 e. The Morgan fingerprint density at radius 2 is 1.62 bits per heavy atom. The van der Waals surface area contributed by atoms with Crippen molar-refractivity contribution in [2.75, 3.05) is 23.4 Å².